The number of thioether (sulfide) groups is 1. The summed E-state index contributed by atoms with van der Waals surface area (Å²) >= 11 is 3.42. The monoisotopic (exact) mass is 324 g/mol. The zero-order chi connectivity index (χ0) is 15.4. The Morgan fingerprint density at radius 2 is 2.05 bits per heavy atom. The lowest BCUT2D eigenvalue weighted by atomic mass is 10.2. The van der Waals surface area contributed by atoms with Crippen LogP contribution < -0.4 is 0 Å². The third-order valence-corrected chi connectivity index (χ3v) is 5.34. The van der Waals surface area contributed by atoms with Crippen molar-refractivity contribution < 1.29 is 9.53 Å². The van der Waals surface area contributed by atoms with Crippen molar-refractivity contribution in [2.45, 2.75) is 45.6 Å². The first-order valence-corrected chi connectivity index (χ1v) is 8.86. The van der Waals surface area contributed by atoms with Crippen molar-refractivity contribution in [3.8, 4) is 0 Å². The molecule has 0 amide bonds. The van der Waals surface area contributed by atoms with Gasteiger partial charge in [0.25, 0.3) is 0 Å². The van der Waals surface area contributed by atoms with Gasteiger partial charge in [0.15, 0.2) is 0 Å². The van der Waals surface area contributed by atoms with Crippen LogP contribution in [0.1, 0.15) is 36.0 Å². The maximum Gasteiger partial charge on any atom is 0.305 e. The van der Waals surface area contributed by atoms with Crippen molar-refractivity contribution in [1.82, 2.24) is 9.97 Å². The summed E-state index contributed by atoms with van der Waals surface area (Å²) in [6, 6.07) is 0. The smallest absolute Gasteiger partial charge is 0.305 e. The minimum absolute atomic E-state index is 0.121. The summed E-state index contributed by atoms with van der Waals surface area (Å²) in [6.45, 7) is 8.44. The standard InChI is InChI=1S/C15H20N2O2S2/c1-5-19-12(18)7-6-8-20-14-13-9(2)10(3)21-15(13)17-11(4)16-14/h5-8H2,1-4H3. The lowest BCUT2D eigenvalue weighted by Gasteiger charge is -2.05. The maximum atomic E-state index is 11.3. The number of aryl methyl sites for hydroxylation is 3. The van der Waals surface area contributed by atoms with Gasteiger partial charge in [-0.1, -0.05) is 0 Å². The molecule has 0 saturated carbocycles. The predicted octanol–water partition coefficient (Wildman–Crippen LogP) is 4.05. The minimum Gasteiger partial charge on any atom is -0.466 e. The van der Waals surface area contributed by atoms with Crippen LogP contribution in [0.4, 0.5) is 0 Å². The Morgan fingerprint density at radius 3 is 2.76 bits per heavy atom. The molecule has 0 N–H and O–H groups in total. The SMILES string of the molecule is CCOC(=O)CCCSc1nc(C)nc2sc(C)c(C)c12. The van der Waals surface area contributed by atoms with Gasteiger partial charge in [-0.05, 0) is 39.7 Å². The topological polar surface area (TPSA) is 52.1 Å². The highest BCUT2D eigenvalue weighted by Crippen LogP contribution is 2.35. The van der Waals surface area contributed by atoms with E-state index < -0.39 is 0 Å². The average Bonchev–Trinajstić information content (AvgIpc) is 2.70. The molecule has 6 heteroatoms. The third kappa shape index (κ3) is 3.95. The molecule has 0 saturated heterocycles. The molecule has 21 heavy (non-hydrogen) atoms. The third-order valence-electron chi connectivity index (χ3n) is 3.18. The van der Waals surface area contributed by atoms with Gasteiger partial charge in [0.05, 0.1) is 6.61 Å². The Hall–Kier alpha value is -1.14. The lowest BCUT2D eigenvalue weighted by Crippen LogP contribution is -2.03. The van der Waals surface area contributed by atoms with E-state index in [-0.39, 0.29) is 5.97 Å². The average molecular weight is 324 g/mol. The zero-order valence-corrected chi connectivity index (χ0v) is 14.5. The fourth-order valence-electron chi connectivity index (χ4n) is 2.04. The Morgan fingerprint density at radius 1 is 1.29 bits per heavy atom. The van der Waals surface area contributed by atoms with Gasteiger partial charge in [-0.25, -0.2) is 9.97 Å². The van der Waals surface area contributed by atoms with Gasteiger partial charge in [0.1, 0.15) is 15.7 Å². The largest absolute Gasteiger partial charge is 0.466 e. The zero-order valence-electron chi connectivity index (χ0n) is 12.9. The summed E-state index contributed by atoms with van der Waals surface area (Å²) in [5, 5.41) is 2.20. The van der Waals surface area contributed by atoms with E-state index in [1.807, 2.05) is 13.8 Å². The molecule has 2 heterocycles. The summed E-state index contributed by atoms with van der Waals surface area (Å²) in [7, 11) is 0. The summed E-state index contributed by atoms with van der Waals surface area (Å²) in [5.41, 5.74) is 1.27. The van der Waals surface area contributed by atoms with Crippen molar-refractivity contribution in [1.29, 1.82) is 0 Å². The summed E-state index contributed by atoms with van der Waals surface area (Å²) in [5.74, 6) is 1.54. The number of ether oxygens (including phenoxy) is 1. The quantitative estimate of drug-likeness (QED) is 0.347. The fraction of sp³-hybridized carbons (Fsp3) is 0.533. The van der Waals surface area contributed by atoms with Gasteiger partial charge in [0, 0.05) is 22.4 Å². The number of esters is 1. The number of hydrogen-bond acceptors (Lipinski definition) is 6. The van der Waals surface area contributed by atoms with Crippen LogP contribution in [-0.4, -0.2) is 28.3 Å². The van der Waals surface area contributed by atoms with Crippen molar-refractivity contribution >= 4 is 39.3 Å². The van der Waals surface area contributed by atoms with E-state index in [9.17, 15) is 4.79 Å². The molecule has 0 radical (unpaired) electrons. The van der Waals surface area contributed by atoms with E-state index in [1.165, 1.54) is 15.8 Å². The molecule has 0 bridgehead atoms. The van der Waals surface area contributed by atoms with Crippen molar-refractivity contribution in [2.24, 2.45) is 0 Å². The van der Waals surface area contributed by atoms with E-state index in [1.54, 1.807) is 23.1 Å². The summed E-state index contributed by atoms with van der Waals surface area (Å²) in [4.78, 5) is 22.8. The van der Waals surface area contributed by atoms with Crippen molar-refractivity contribution in [3.05, 3.63) is 16.3 Å². The van der Waals surface area contributed by atoms with Gasteiger partial charge in [-0.3, -0.25) is 4.79 Å². The molecule has 4 nitrogen and oxygen atoms in total. The maximum absolute atomic E-state index is 11.3. The minimum atomic E-state index is -0.121. The highest BCUT2D eigenvalue weighted by Gasteiger charge is 2.13. The summed E-state index contributed by atoms with van der Waals surface area (Å²) in [6.07, 6.45) is 1.27. The Bertz CT molecular complexity index is 653. The van der Waals surface area contributed by atoms with E-state index in [0.717, 1.165) is 27.9 Å². The molecular weight excluding hydrogens is 304 g/mol. The van der Waals surface area contributed by atoms with Crippen LogP contribution in [0.2, 0.25) is 0 Å². The molecule has 0 unspecified atom stereocenters. The van der Waals surface area contributed by atoms with Crippen LogP contribution in [0, 0.1) is 20.8 Å². The molecule has 0 aliphatic carbocycles. The first-order chi connectivity index (χ1) is 10.0. The number of carbonyl (C=O) groups excluding carboxylic acids is 1. The van der Waals surface area contributed by atoms with Gasteiger partial charge in [-0.2, -0.15) is 0 Å². The van der Waals surface area contributed by atoms with Gasteiger partial charge in [0.2, 0.25) is 0 Å². The number of rotatable bonds is 6. The second kappa shape index (κ2) is 7.22. The normalized spacial score (nSPS) is 11.0. The number of nitrogens with zero attached hydrogens (tertiary/aromatic N) is 2. The van der Waals surface area contributed by atoms with E-state index in [4.69, 9.17) is 4.74 Å². The van der Waals surface area contributed by atoms with Gasteiger partial charge in [-0.15, -0.1) is 23.1 Å². The molecule has 114 valence electrons. The van der Waals surface area contributed by atoms with Crippen molar-refractivity contribution in [2.75, 3.05) is 12.4 Å². The molecule has 0 aliphatic rings. The summed E-state index contributed by atoms with van der Waals surface area (Å²) < 4.78 is 4.93. The van der Waals surface area contributed by atoms with Gasteiger partial charge >= 0.3 is 5.97 Å². The van der Waals surface area contributed by atoms with Crippen LogP contribution >= 0.6 is 23.1 Å². The number of thiophene rings is 1. The second-order valence-electron chi connectivity index (χ2n) is 4.80. The lowest BCUT2D eigenvalue weighted by molar-refractivity contribution is -0.143. The number of fused-ring (bicyclic) bond motifs is 1. The molecule has 0 spiro atoms. The molecule has 0 fully saturated rings. The van der Waals surface area contributed by atoms with Gasteiger partial charge < -0.3 is 4.74 Å². The van der Waals surface area contributed by atoms with Crippen LogP contribution in [-0.2, 0) is 9.53 Å². The van der Waals surface area contributed by atoms with Crippen molar-refractivity contribution in [3.63, 3.8) is 0 Å². The highest BCUT2D eigenvalue weighted by molar-refractivity contribution is 7.99. The molecule has 2 rings (SSSR count). The molecular formula is C15H20N2O2S2. The fourth-order valence-corrected chi connectivity index (χ4v) is 4.25. The number of hydrogen-bond donors (Lipinski definition) is 0. The predicted molar refractivity (Wildman–Crippen MR) is 88.2 cm³/mol. The van der Waals surface area contributed by atoms with Crippen LogP contribution in [0.3, 0.4) is 0 Å². The highest BCUT2D eigenvalue weighted by atomic mass is 32.2. The molecule has 0 aliphatic heterocycles. The van der Waals surface area contributed by atoms with Crippen LogP contribution in [0.25, 0.3) is 10.2 Å². The molecule has 2 aromatic rings. The number of carbonyl (C=O) groups is 1. The molecule has 0 atom stereocenters. The van der Waals surface area contributed by atoms with E-state index in [2.05, 4.69) is 23.8 Å². The Balaban J connectivity index is 2.06. The first kappa shape index (κ1) is 16.2. The second-order valence-corrected chi connectivity index (χ2v) is 7.08. The van der Waals surface area contributed by atoms with E-state index in [0.29, 0.717) is 13.0 Å². The van der Waals surface area contributed by atoms with E-state index >= 15 is 0 Å². The molecule has 2 aromatic heterocycles. The number of aromatic nitrogens is 2. The van der Waals surface area contributed by atoms with Crippen LogP contribution in [0.15, 0.2) is 5.03 Å². The Kier molecular flexibility index (Phi) is 5.58. The van der Waals surface area contributed by atoms with Crippen LogP contribution in [0.5, 0.6) is 0 Å². The molecule has 0 aromatic carbocycles. The first-order valence-electron chi connectivity index (χ1n) is 7.05. The Labute approximate surface area is 133 Å².